The number of aryl methyl sites for hydroxylation is 2. The average molecular weight is 370 g/mol. The van der Waals surface area contributed by atoms with Gasteiger partial charge in [-0.2, -0.15) is 18.3 Å². The summed E-state index contributed by atoms with van der Waals surface area (Å²) in [5.74, 6) is 0. The third kappa shape index (κ3) is 2.89. The molecule has 0 fully saturated rings. The number of benzene rings is 2. The molecular weight excluding hydrogens is 353 g/mol. The van der Waals surface area contributed by atoms with E-state index in [0.717, 1.165) is 28.4 Å². The SMILES string of the molecule is Cc1c2ccc(N(C)c3cc(C(F)(F)F)nc4ccccc34)cc2nn1C. The predicted molar refractivity (Wildman–Crippen MR) is 100 cm³/mol. The molecule has 27 heavy (non-hydrogen) atoms. The molecule has 2 aromatic carbocycles. The Labute approximate surface area is 153 Å². The van der Waals surface area contributed by atoms with Crippen molar-refractivity contribution in [2.24, 2.45) is 7.05 Å². The third-order valence-electron chi connectivity index (χ3n) is 4.85. The molecule has 0 spiro atoms. The van der Waals surface area contributed by atoms with Crippen LogP contribution >= 0.6 is 0 Å². The number of pyridine rings is 1. The maximum atomic E-state index is 13.3. The minimum Gasteiger partial charge on any atom is -0.344 e. The van der Waals surface area contributed by atoms with Crippen LogP contribution in [-0.4, -0.2) is 21.8 Å². The summed E-state index contributed by atoms with van der Waals surface area (Å²) >= 11 is 0. The Balaban J connectivity index is 1.90. The zero-order chi connectivity index (χ0) is 19.3. The third-order valence-corrected chi connectivity index (χ3v) is 4.85. The van der Waals surface area contributed by atoms with Crippen molar-refractivity contribution in [1.29, 1.82) is 0 Å². The summed E-state index contributed by atoms with van der Waals surface area (Å²) in [5.41, 5.74) is 2.44. The Kier molecular flexibility index (Phi) is 3.83. The molecule has 0 radical (unpaired) electrons. The molecule has 0 bridgehead atoms. The number of fused-ring (bicyclic) bond motifs is 2. The molecule has 4 nitrogen and oxygen atoms in total. The summed E-state index contributed by atoms with van der Waals surface area (Å²) in [6.07, 6.45) is -4.51. The molecule has 0 atom stereocenters. The van der Waals surface area contributed by atoms with Crippen molar-refractivity contribution in [2.45, 2.75) is 13.1 Å². The Bertz CT molecular complexity index is 1160. The van der Waals surface area contributed by atoms with E-state index in [1.807, 2.05) is 32.2 Å². The lowest BCUT2D eigenvalue weighted by atomic mass is 10.1. The van der Waals surface area contributed by atoms with Crippen LogP contribution in [0.3, 0.4) is 0 Å². The number of alkyl halides is 3. The largest absolute Gasteiger partial charge is 0.433 e. The standard InChI is InChI=1S/C20H17F3N4/c1-12-14-9-8-13(10-17(14)25-27(12)3)26(2)18-11-19(20(21,22)23)24-16-7-5-4-6-15(16)18/h4-11H,1-3H3. The quantitative estimate of drug-likeness (QED) is 0.485. The molecule has 4 aromatic rings. The first-order valence-corrected chi connectivity index (χ1v) is 8.40. The number of hydrogen-bond donors (Lipinski definition) is 0. The summed E-state index contributed by atoms with van der Waals surface area (Å²) in [6.45, 7) is 1.98. The highest BCUT2D eigenvalue weighted by Crippen LogP contribution is 2.37. The van der Waals surface area contributed by atoms with E-state index in [9.17, 15) is 13.2 Å². The summed E-state index contributed by atoms with van der Waals surface area (Å²) < 4.78 is 41.8. The lowest BCUT2D eigenvalue weighted by Gasteiger charge is -2.22. The van der Waals surface area contributed by atoms with E-state index in [4.69, 9.17) is 0 Å². The summed E-state index contributed by atoms with van der Waals surface area (Å²) in [5, 5.41) is 6.14. The van der Waals surface area contributed by atoms with Gasteiger partial charge in [-0.3, -0.25) is 4.68 Å². The van der Waals surface area contributed by atoms with Crippen molar-refractivity contribution in [3.63, 3.8) is 0 Å². The summed E-state index contributed by atoms with van der Waals surface area (Å²) in [4.78, 5) is 5.52. The minimum atomic E-state index is -4.51. The zero-order valence-corrected chi connectivity index (χ0v) is 15.0. The van der Waals surface area contributed by atoms with Gasteiger partial charge in [-0.25, -0.2) is 4.98 Å². The van der Waals surface area contributed by atoms with Gasteiger partial charge in [0.2, 0.25) is 0 Å². The number of aromatic nitrogens is 3. The van der Waals surface area contributed by atoms with Crippen molar-refractivity contribution < 1.29 is 13.2 Å². The van der Waals surface area contributed by atoms with Crippen molar-refractivity contribution in [3.05, 3.63) is 59.9 Å². The van der Waals surface area contributed by atoms with Crippen LogP contribution in [0.25, 0.3) is 21.8 Å². The van der Waals surface area contributed by atoms with Crippen LogP contribution in [-0.2, 0) is 13.2 Å². The van der Waals surface area contributed by atoms with Gasteiger partial charge in [0, 0.05) is 36.2 Å². The maximum absolute atomic E-state index is 13.3. The molecule has 138 valence electrons. The molecule has 0 aliphatic heterocycles. The average Bonchev–Trinajstić information content (AvgIpc) is 2.93. The second kappa shape index (κ2) is 5.97. The highest BCUT2D eigenvalue weighted by atomic mass is 19.4. The van der Waals surface area contributed by atoms with Gasteiger partial charge in [0.25, 0.3) is 0 Å². The van der Waals surface area contributed by atoms with E-state index in [2.05, 4.69) is 10.1 Å². The van der Waals surface area contributed by atoms with Gasteiger partial charge in [-0.05, 0) is 37.3 Å². The van der Waals surface area contributed by atoms with Crippen LogP contribution in [0.1, 0.15) is 11.4 Å². The van der Waals surface area contributed by atoms with Crippen LogP contribution in [0.2, 0.25) is 0 Å². The molecular formula is C20H17F3N4. The first-order chi connectivity index (χ1) is 12.8. The van der Waals surface area contributed by atoms with Crippen LogP contribution < -0.4 is 4.90 Å². The smallest absolute Gasteiger partial charge is 0.344 e. The number of nitrogens with zero attached hydrogens (tertiary/aromatic N) is 4. The second-order valence-electron chi connectivity index (χ2n) is 6.51. The number of halogens is 3. The van der Waals surface area contributed by atoms with Crippen molar-refractivity contribution in [1.82, 2.24) is 14.8 Å². The topological polar surface area (TPSA) is 34.0 Å². The van der Waals surface area contributed by atoms with Crippen molar-refractivity contribution in [2.75, 3.05) is 11.9 Å². The molecule has 0 unspecified atom stereocenters. The van der Waals surface area contributed by atoms with E-state index in [1.54, 1.807) is 40.9 Å². The monoisotopic (exact) mass is 370 g/mol. The summed E-state index contributed by atoms with van der Waals surface area (Å²) in [7, 11) is 3.61. The van der Waals surface area contributed by atoms with Gasteiger partial charge in [0.05, 0.1) is 16.7 Å². The molecule has 7 heteroatoms. The molecule has 0 aliphatic rings. The van der Waals surface area contributed by atoms with Gasteiger partial charge in [0.15, 0.2) is 0 Å². The Morgan fingerprint density at radius 1 is 0.963 bits per heavy atom. The van der Waals surface area contributed by atoms with Gasteiger partial charge in [0.1, 0.15) is 5.69 Å². The van der Waals surface area contributed by atoms with Gasteiger partial charge < -0.3 is 4.90 Å². The fourth-order valence-electron chi connectivity index (χ4n) is 3.25. The lowest BCUT2D eigenvalue weighted by molar-refractivity contribution is -0.140. The Morgan fingerprint density at radius 2 is 1.70 bits per heavy atom. The fraction of sp³-hybridized carbons (Fsp3) is 0.200. The first-order valence-electron chi connectivity index (χ1n) is 8.40. The second-order valence-corrected chi connectivity index (χ2v) is 6.51. The van der Waals surface area contributed by atoms with Crippen LogP contribution in [0.5, 0.6) is 0 Å². The fourth-order valence-corrected chi connectivity index (χ4v) is 3.25. The predicted octanol–water partition coefficient (Wildman–Crippen LogP) is 5.22. The molecule has 0 saturated carbocycles. The summed E-state index contributed by atoms with van der Waals surface area (Å²) in [6, 6.07) is 13.6. The van der Waals surface area contributed by atoms with E-state index in [1.165, 1.54) is 0 Å². The number of anilines is 2. The zero-order valence-electron chi connectivity index (χ0n) is 15.0. The number of hydrogen-bond acceptors (Lipinski definition) is 3. The van der Waals surface area contributed by atoms with Crippen molar-refractivity contribution >= 4 is 33.2 Å². The molecule has 0 saturated heterocycles. The van der Waals surface area contributed by atoms with Crippen LogP contribution in [0.15, 0.2) is 48.5 Å². The molecule has 2 heterocycles. The number of rotatable bonds is 2. The minimum absolute atomic E-state index is 0.309. The van der Waals surface area contributed by atoms with E-state index in [-0.39, 0.29) is 0 Å². The van der Waals surface area contributed by atoms with Gasteiger partial charge in [-0.1, -0.05) is 18.2 Å². The lowest BCUT2D eigenvalue weighted by Crippen LogP contribution is -2.14. The molecule has 0 amide bonds. The van der Waals surface area contributed by atoms with Crippen LogP contribution in [0, 0.1) is 6.92 Å². The number of para-hydroxylation sites is 1. The van der Waals surface area contributed by atoms with E-state index < -0.39 is 11.9 Å². The Morgan fingerprint density at radius 3 is 2.44 bits per heavy atom. The maximum Gasteiger partial charge on any atom is 0.433 e. The molecule has 2 aromatic heterocycles. The normalized spacial score (nSPS) is 12.1. The van der Waals surface area contributed by atoms with Crippen LogP contribution in [0.4, 0.5) is 24.5 Å². The highest BCUT2D eigenvalue weighted by Gasteiger charge is 2.33. The van der Waals surface area contributed by atoms with E-state index >= 15 is 0 Å². The van der Waals surface area contributed by atoms with Gasteiger partial charge in [-0.15, -0.1) is 0 Å². The molecule has 0 aliphatic carbocycles. The van der Waals surface area contributed by atoms with Gasteiger partial charge >= 0.3 is 6.18 Å². The van der Waals surface area contributed by atoms with Crippen molar-refractivity contribution in [3.8, 4) is 0 Å². The molecule has 4 rings (SSSR count). The Hall–Kier alpha value is -3.09. The highest BCUT2D eigenvalue weighted by molar-refractivity contribution is 5.95. The molecule has 0 N–H and O–H groups in total. The van der Waals surface area contributed by atoms with E-state index in [0.29, 0.717) is 16.6 Å². The first kappa shape index (κ1) is 17.3.